The molecule has 1 atom stereocenters. The van der Waals surface area contributed by atoms with E-state index in [1.54, 1.807) is 22.3 Å². The second-order valence-corrected chi connectivity index (χ2v) is 5.90. The minimum Gasteiger partial charge on any atom is -0.384 e. The number of rotatable bonds is 0. The molecule has 2 aliphatic carbocycles. The molecular formula is C15H20N2. The third-order valence-electron chi connectivity index (χ3n) is 4.81. The standard InChI is InChI=1S/C15H20N2/c1-17-6-5-10-7-11-8-16-14-4-2-3-12(15(11)14)13(10)9-17/h4,11,16H,2-3,5-9H2,1H3. The van der Waals surface area contributed by atoms with Crippen LogP contribution < -0.4 is 5.32 Å². The molecule has 1 N–H and O–H groups in total. The lowest BCUT2D eigenvalue weighted by molar-refractivity contribution is 0.339. The van der Waals surface area contributed by atoms with Crippen LogP contribution in [0.1, 0.15) is 25.7 Å². The van der Waals surface area contributed by atoms with Gasteiger partial charge in [0.1, 0.15) is 0 Å². The molecule has 0 aromatic rings. The average Bonchev–Trinajstić information content (AvgIpc) is 2.75. The molecular weight excluding hydrogens is 208 g/mol. The molecule has 0 aromatic carbocycles. The quantitative estimate of drug-likeness (QED) is 0.684. The summed E-state index contributed by atoms with van der Waals surface area (Å²) < 4.78 is 0. The Bertz CT molecular complexity index is 467. The third kappa shape index (κ3) is 1.37. The van der Waals surface area contributed by atoms with Gasteiger partial charge in [0.25, 0.3) is 0 Å². The molecule has 4 rings (SSSR count). The van der Waals surface area contributed by atoms with E-state index >= 15 is 0 Å². The fraction of sp³-hybridized carbons (Fsp3) is 0.600. The van der Waals surface area contributed by atoms with Gasteiger partial charge in [0.05, 0.1) is 0 Å². The highest BCUT2D eigenvalue weighted by molar-refractivity contribution is 5.56. The van der Waals surface area contributed by atoms with Gasteiger partial charge in [0.2, 0.25) is 0 Å². The van der Waals surface area contributed by atoms with Crippen LogP contribution in [-0.4, -0.2) is 31.6 Å². The van der Waals surface area contributed by atoms with Crippen LogP contribution in [0.5, 0.6) is 0 Å². The van der Waals surface area contributed by atoms with Gasteiger partial charge in [-0.2, -0.15) is 0 Å². The van der Waals surface area contributed by atoms with Gasteiger partial charge in [0, 0.05) is 31.2 Å². The van der Waals surface area contributed by atoms with Crippen molar-refractivity contribution in [3.05, 3.63) is 34.1 Å². The van der Waals surface area contributed by atoms with Gasteiger partial charge < -0.3 is 10.2 Å². The van der Waals surface area contributed by atoms with Gasteiger partial charge in [-0.05, 0) is 49.5 Å². The summed E-state index contributed by atoms with van der Waals surface area (Å²) in [5.41, 5.74) is 8.35. The topological polar surface area (TPSA) is 15.3 Å². The minimum atomic E-state index is 0.790. The maximum Gasteiger partial charge on any atom is 0.0339 e. The summed E-state index contributed by atoms with van der Waals surface area (Å²) in [5, 5.41) is 3.61. The van der Waals surface area contributed by atoms with Crippen LogP contribution in [0.25, 0.3) is 0 Å². The van der Waals surface area contributed by atoms with Crippen molar-refractivity contribution >= 4 is 0 Å². The first-order chi connectivity index (χ1) is 8.33. The van der Waals surface area contributed by atoms with Crippen molar-refractivity contribution in [3.8, 4) is 0 Å². The Kier molecular flexibility index (Phi) is 2.04. The van der Waals surface area contributed by atoms with Crippen LogP contribution in [0, 0.1) is 5.92 Å². The molecule has 0 spiro atoms. The molecule has 2 aliphatic heterocycles. The second-order valence-electron chi connectivity index (χ2n) is 5.90. The van der Waals surface area contributed by atoms with Gasteiger partial charge in [-0.3, -0.25) is 0 Å². The fourth-order valence-electron chi connectivity index (χ4n) is 3.99. The van der Waals surface area contributed by atoms with E-state index in [1.165, 1.54) is 51.0 Å². The number of fused-ring (bicyclic) bond motifs is 1. The Morgan fingerprint density at radius 3 is 3.18 bits per heavy atom. The van der Waals surface area contributed by atoms with Crippen molar-refractivity contribution < 1.29 is 0 Å². The maximum atomic E-state index is 3.61. The van der Waals surface area contributed by atoms with E-state index in [0.29, 0.717) is 0 Å². The van der Waals surface area contributed by atoms with E-state index in [9.17, 15) is 0 Å². The number of likely N-dealkylation sites (N-methyl/N-ethyl adjacent to an activating group) is 1. The zero-order valence-corrected chi connectivity index (χ0v) is 10.6. The van der Waals surface area contributed by atoms with Gasteiger partial charge in [-0.1, -0.05) is 11.6 Å². The van der Waals surface area contributed by atoms with Crippen LogP contribution in [0.3, 0.4) is 0 Å². The highest BCUT2D eigenvalue weighted by atomic mass is 15.1. The lowest BCUT2D eigenvalue weighted by atomic mass is 9.74. The molecule has 4 aliphatic rings. The Hall–Kier alpha value is -1.02. The zero-order valence-electron chi connectivity index (χ0n) is 10.6. The Labute approximate surface area is 103 Å². The van der Waals surface area contributed by atoms with Crippen molar-refractivity contribution in [2.24, 2.45) is 5.92 Å². The lowest BCUT2D eigenvalue weighted by Crippen LogP contribution is -2.32. The number of nitrogens with zero attached hydrogens (tertiary/aromatic N) is 1. The highest BCUT2D eigenvalue weighted by Crippen LogP contribution is 2.46. The summed E-state index contributed by atoms with van der Waals surface area (Å²) in [5.74, 6) is 0.790. The Balaban J connectivity index is 1.84. The number of hydrogen-bond acceptors (Lipinski definition) is 2. The number of nitrogens with one attached hydrogen (secondary N) is 1. The van der Waals surface area contributed by atoms with E-state index in [-0.39, 0.29) is 0 Å². The molecule has 2 nitrogen and oxygen atoms in total. The van der Waals surface area contributed by atoms with Crippen LogP contribution in [-0.2, 0) is 0 Å². The highest BCUT2D eigenvalue weighted by Gasteiger charge is 2.36. The summed E-state index contributed by atoms with van der Waals surface area (Å²) in [7, 11) is 2.26. The van der Waals surface area contributed by atoms with Crippen LogP contribution in [0.15, 0.2) is 34.1 Å². The molecule has 17 heavy (non-hydrogen) atoms. The first kappa shape index (κ1) is 9.95. The zero-order chi connectivity index (χ0) is 11.4. The Morgan fingerprint density at radius 1 is 1.29 bits per heavy atom. The van der Waals surface area contributed by atoms with Crippen molar-refractivity contribution in [1.82, 2.24) is 10.2 Å². The third-order valence-corrected chi connectivity index (χ3v) is 4.81. The molecule has 2 heteroatoms. The maximum absolute atomic E-state index is 3.61. The van der Waals surface area contributed by atoms with Crippen molar-refractivity contribution in [3.63, 3.8) is 0 Å². The molecule has 0 radical (unpaired) electrons. The molecule has 0 bridgehead atoms. The predicted octanol–water partition coefficient (Wildman–Crippen LogP) is 2.22. The summed E-state index contributed by atoms with van der Waals surface area (Å²) in [6.07, 6.45) is 7.56. The normalized spacial score (nSPS) is 32.1. The van der Waals surface area contributed by atoms with E-state index in [0.717, 1.165) is 5.92 Å². The van der Waals surface area contributed by atoms with Crippen molar-refractivity contribution in [2.75, 3.05) is 26.7 Å². The first-order valence-electron chi connectivity index (χ1n) is 6.90. The molecule has 1 unspecified atom stereocenters. The van der Waals surface area contributed by atoms with Crippen LogP contribution >= 0.6 is 0 Å². The molecule has 0 amide bonds. The smallest absolute Gasteiger partial charge is 0.0339 e. The monoisotopic (exact) mass is 228 g/mol. The molecule has 90 valence electrons. The average molecular weight is 228 g/mol. The summed E-state index contributed by atoms with van der Waals surface area (Å²) >= 11 is 0. The minimum absolute atomic E-state index is 0.790. The second kappa shape index (κ2) is 3.49. The fourth-order valence-corrected chi connectivity index (χ4v) is 3.99. The van der Waals surface area contributed by atoms with Gasteiger partial charge in [0.15, 0.2) is 0 Å². The van der Waals surface area contributed by atoms with E-state index in [1.807, 2.05) is 0 Å². The molecule has 0 saturated carbocycles. The van der Waals surface area contributed by atoms with E-state index in [2.05, 4.69) is 23.3 Å². The van der Waals surface area contributed by atoms with Crippen LogP contribution in [0.4, 0.5) is 0 Å². The van der Waals surface area contributed by atoms with Gasteiger partial charge >= 0.3 is 0 Å². The summed E-state index contributed by atoms with van der Waals surface area (Å²) in [6, 6.07) is 0. The molecule has 2 heterocycles. The van der Waals surface area contributed by atoms with Crippen LogP contribution in [0.2, 0.25) is 0 Å². The van der Waals surface area contributed by atoms with E-state index < -0.39 is 0 Å². The predicted molar refractivity (Wildman–Crippen MR) is 69.6 cm³/mol. The molecule has 0 aromatic heterocycles. The summed E-state index contributed by atoms with van der Waals surface area (Å²) in [6.45, 7) is 3.62. The van der Waals surface area contributed by atoms with Gasteiger partial charge in [-0.15, -0.1) is 0 Å². The summed E-state index contributed by atoms with van der Waals surface area (Å²) in [4.78, 5) is 2.48. The SMILES string of the molecule is CN1CCC2=C(C1)C1=C3C(=CCC1)NCC3C2. The molecule has 1 fully saturated rings. The van der Waals surface area contributed by atoms with Gasteiger partial charge in [-0.25, -0.2) is 0 Å². The first-order valence-corrected chi connectivity index (χ1v) is 6.90. The number of hydrogen-bond donors (Lipinski definition) is 1. The van der Waals surface area contributed by atoms with Crippen molar-refractivity contribution in [1.29, 1.82) is 0 Å². The largest absolute Gasteiger partial charge is 0.384 e. The Morgan fingerprint density at radius 2 is 2.24 bits per heavy atom. The molecule has 1 saturated heterocycles. The van der Waals surface area contributed by atoms with Crippen molar-refractivity contribution in [2.45, 2.75) is 25.7 Å². The van der Waals surface area contributed by atoms with E-state index in [4.69, 9.17) is 0 Å². The lowest BCUT2D eigenvalue weighted by Gasteiger charge is -2.36. The number of allylic oxidation sites excluding steroid dienone is 2.